The van der Waals surface area contributed by atoms with E-state index in [1.54, 1.807) is 41.3 Å². The fourth-order valence-electron chi connectivity index (χ4n) is 3.51. The monoisotopic (exact) mass is 448 g/mol. The molecule has 170 valence electrons. The van der Waals surface area contributed by atoms with E-state index in [4.69, 9.17) is 4.74 Å². The van der Waals surface area contributed by atoms with Gasteiger partial charge in [0.15, 0.2) is 5.69 Å². The van der Waals surface area contributed by atoms with Gasteiger partial charge in [-0.1, -0.05) is 18.2 Å². The normalized spacial score (nSPS) is 14.1. The minimum Gasteiger partial charge on any atom is -0.464 e. The van der Waals surface area contributed by atoms with Crippen molar-refractivity contribution in [2.45, 2.75) is 0 Å². The summed E-state index contributed by atoms with van der Waals surface area (Å²) in [6, 6.07) is 13.5. The zero-order valence-electron chi connectivity index (χ0n) is 18.4. The van der Waals surface area contributed by atoms with E-state index in [9.17, 15) is 14.4 Å². The minimum atomic E-state index is -0.650. The lowest BCUT2D eigenvalue weighted by molar-refractivity contribution is 0.0592. The number of carbonyl (C=O) groups is 3. The smallest absolute Gasteiger partial charge is 0.358 e. The molecule has 0 spiro atoms. The highest BCUT2D eigenvalue weighted by atomic mass is 16.5. The molecule has 3 heterocycles. The fraction of sp³-hybridized carbons (Fsp3) is 0.261. The Kier molecular flexibility index (Phi) is 6.45. The first-order valence-electron chi connectivity index (χ1n) is 10.5. The fourth-order valence-corrected chi connectivity index (χ4v) is 3.51. The molecule has 10 heteroatoms. The first-order chi connectivity index (χ1) is 16.0. The molecule has 1 aliphatic rings. The second-order valence-electron chi connectivity index (χ2n) is 7.63. The van der Waals surface area contributed by atoms with E-state index in [2.05, 4.69) is 20.3 Å². The van der Waals surface area contributed by atoms with E-state index in [1.165, 1.54) is 24.1 Å². The van der Waals surface area contributed by atoms with Crippen LogP contribution in [0.2, 0.25) is 0 Å². The lowest BCUT2D eigenvalue weighted by atomic mass is 10.2. The van der Waals surface area contributed by atoms with Crippen LogP contribution in [-0.2, 0) is 4.74 Å². The van der Waals surface area contributed by atoms with Gasteiger partial charge in [-0.3, -0.25) is 14.6 Å². The van der Waals surface area contributed by atoms with Gasteiger partial charge in [0.25, 0.3) is 11.8 Å². The number of ether oxygens (including phenoxy) is 1. The highest BCUT2D eigenvalue weighted by Crippen LogP contribution is 2.17. The highest BCUT2D eigenvalue weighted by Gasteiger charge is 2.23. The Bertz CT molecular complexity index is 1170. The number of nitrogens with one attached hydrogen (secondary N) is 1. The van der Waals surface area contributed by atoms with E-state index < -0.39 is 11.9 Å². The summed E-state index contributed by atoms with van der Waals surface area (Å²) in [5.41, 5.74) is 1.42. The summed E-state index contributed by atoms with van der Waals surface area (Å²) < 4.78 is 6.12. The Labute approximate surface area is 190 Å². The van der Waals surface area contributed by atoms with Crippen LogP contribution in [0.4, 0.5) is 5.69 Å². The van der Waals surface area contributed by atoms with E-state index in [1.807, 2.05) is 13.1 Å². The van der Waals surface area contributed by atoms with Crippen molar-refractivity contribution in [2.24, 2.45) is 0 Å². The van der Waals surface area contributed by atoms with E-state index in [-0.39, 0.29) is 23.0 Å². The van der Waals surface area contributed by atoms with E-state index in [0.717, 1.165) is 13.1 Å². The molecule has 0 unspecified atom stereocenters. The van der Waals surface area contributed by atoms with Crippen LogP contribution in [0.25, 0.3) is 5.69 Å². The van der Waals surface area contributed by atoms with Gasteiger partial charge in [0.2, 0.25) is 0 Å². The third-order valence-electron chi connectivity index (χ3n) is 5.36. The first kappa shape index (κ1) is 22.2. The van der Waals surface area contributed by atoms with Crippen LogP contribution in [0.5, 0.6) is 0 Å². The maximum atomic E-state index is 13.1. The van der Waals surface area contributed by atoms with Crippen molar-refractivity contribution in [1.29, 1.82) is 0 Å². The average molecular weight is 448 g/mol. The number of esters is 1. The molecule has 1 fully saturated rings. The summed E-state index contributed by atoms with van der Waals surface area (Å²) in [7, 11) is 3.27. The molecule has 0 bridgehead atoms. The molecule has 1 saturated heterocycles. The molecule has 1 aromatic carbocycles. The summed E-state index contributed by atoms with van der Waals surface area (Å²) in [6.07, 6.45) is 1.48. The number of hydrogen-bond acceptors (Lipinski definition) is 7. The van der Waals surface area contributed by atoms with E-state index in [0.29, 0.717) is 24.5 Å². The quantitative estimate of drug-likeness (QED) is 0.592. The van der Waals surface area contributed by atoms with Crippen molar-refractivity contribution in [1.82, 2.24) is 24.6 Å². The standard InChI is InChI=1S/C23H24N6O4/c1-27-10-12-28(13-11-27)22(31)18-14-16(8-9-24-18)25-21(30)20-15-19(23(32)33-2)26-29(20)17-6-4-3-5-7-17/h3-9,14-15H,10-13H2,1-2H3,(H,24,25,30). The van der Waals surface area contributed by atoms with Crippen LogP contribution in [0.15, 0.2) is 54.7 Å². The van der Waals surface area contributed by atoms with Crippen molar-refractivity contribution in [3.8, 4) is 5.69 Å². The number of rotatable bonds is 5. The number of hydrogen-bond donors (Lipinski definition) is 1. The lowest BCUT2D eigenvalue weighted by Crippen LogP contribution is -2.47. The summed E-state index contributed by atoms with van der Waals surface area (Å²) in [5, 5.41) is 7.00. The molecular weight excluding hydrogens is 424 g/mol. The zero-order chi connectivity index (χ0) is 23.4. The highest BCUT2D eigenvalue weighted by molar-refractivity contribution is 6.05. The second kappa shape index (κ2) is 9.61. The van der Waals surface area contributed by atoms with Gasteiger partial charge in [-0.2, -0.15) is 5.10 Å². The number of benzene rings is 1. The number of aromatic nitrogens is 3. The molecule has 4 rings (SSSR count). The largest absolute Gasteiger partial charge is 0.464 e. The third kappa shape index (κ3) is 4.90. The maximum Gasteiger partial charge on any atom is 0.358 e. The molecule has 2 amide bonds. The van der Waals surface area contributed by atoms with Crippen molar-refractivity contribution < 1.29 is 19.1 Å². The van der Waals surface area contributed by atoms with Crippen LogP contribution in [-0.4, -0.2) is 82.7 Å². The molecule has 2 aromatic heterocycles. The number of anilines is 1. The van der Waals surface area contributed by atoms with Gasteiger partial charge in [-0.25, -0.2) is 9.48 Å². The Balaban J connectivity index is 1.57. The molecule has 0 aliphatic carbocycles. The van der Waals surface area contributed by atoms with Crippen LogP contribution < -0.4 is 5.32 Å². The number of methoxy groups -OCH3 is 1. The first-order valence-corrected chi connectivity index (χ1v) is 10.5. The number of carbonyl (C=O) groups excluding carboxylic acids is 3. The molecule has 1 N–H and O–H groups in total. The number of amides is 2. The molecular formula is C23H24N6O4. The molecule has 10 nitrogen and oxygen atoms in total. The Morgan fingerprint density at radius 3 is 2.39 bits per heavy atom. The van der Waals surface area contributed by atoms with Gasteiger partial charge >= 0.3 is 5.97 Å². The summed E-state index contributed by atoms with van der Waals surface area (Å²) in [5.74, 6) is -1.32. The van der Waals surface area contributed by atoms with Crippen LogP contribution in [0.1, 0.15) is 31.5 Å². The predicted octanol–water partition coefficient (Wildman–Crippen LogP) is 1.69. The number of piperazine rings is 1. The van der Waals surface area contributed by atoms with Crippen LogP contribution in [0.3, 0.4) is 0 Å². The van der Waals surface area contributed by atoms with Crippen molar-refractivity contribution in [2.75, 3.05) is 45.7 Å². The molecule has 0 saturated carbocycles. The lowest BCUT2D eigenvalue weighted by Gasteiger charge is -2.32. The summed E-state index contributed by atoms with van der Waals surface area (Å²) in [6.45, 7) is 2.85. The molecule has 33 heavy (non-hydrogen) atoms. The average Bonchev–Trinajstić information content (AvgIpc) is 3.30. The van der Waals surface area contributed by atoms with Crippen molar-refractivity contribution in [3.63, 3.8) is 0 Å². The summed E-state index contributed by atoms with van der Waals surface area (Å²) in [4.78, 5) is 46.0. The third-order valence-corrected chi connectivity index (χ3v) is 5.36. The minimum absolute atomic E-state index is 0.00663. The van der Waals surface area contributed by atoms with Crippen molar-refractivity contribution >= 4 is 23.5 Å². The van der Waals surface area contributed by atoms with Gasteiger partial charge in [-0.15, -0.1) is 0 Å². The number of para-hydroxylation sites is 1. The van der Waals surface area contributed by atoms with E-state index >= 15 is 0 Å². The molecule has 0 atom stereocenters. The molecule has 1 aliphatic heterocycles. The van der Waals surface area contributed by atoms with Crippen molar-refractivity contribution in [3.05, 3.63) is 71.8 Å². The maximum absolute atomic E-state index is 13.1. The van der Waals surface area contributed by atoms with Crippen LogP contribution >= 0.6 is 0 Å². The Hall–Kier alpha value is -4.05. The number of likely N-dealkylation sites (N-methyl/N-ethyl adjacent to an activating group) is 1. The molecule has 0 radical (unpaired) electrons. The summed E-state index contributed by atoms with van der Waals surface area (Å²) >= 11 is 0. The van der Waals surface area contributed by atoms with Crippen LogP contribution in [0, 0.1) is 0 Å². The second-order valence-corrected chi connectivity index (χ2v) is 7.63. The van der Waals surface area contributed by atoms with Gasteiger partial charge < -0.3 is 19.9 Å². The topological polar surface area (TPSA) is 110 Å². The van der Waals surface area contributed by atoms with Gasteiger partial charge in [0, 0.05) is 44.1 Å². The molecule has 3 aromatic rings. The van der Waals surface area contributed by atoms with Gasteiger partial charge in [-0.05, 0) is 31.3 Å². The zero-order valence-corrected chi connectivity index (χ0v) is 18.4. The predicted molar refractivity (Wildman–Crippen MR) is 120 cm³/mol. The Morgan fingerprint density at radius 2 is 1.70 bits per heavy atom. The SMILES string of the molecule is COC(=O)c1cc(C(=O)Nc2ccnc(C(=O)N3CCN(C)CC3)c2)n(-c2ccccc2)n1. The van der Waals surface area contributed by atoms with Gasteiger partial charge in [0.1, 0.15) is 11.4 Å². The van der Waals surface area contributed by atoms with Gasteiger partial charge in [0.05, 0.1) is 12.8 Å². The number of nitrogens with zero attached hydrogens (tertiary/aromatic N) is 5. The Morgan fingerprint density at radius 1 is 0.970 bits per heavy atom. The number of pyridine rings is 1.